The maximum absolute atomic E-state index is 6.35. The van der Waals surface area contributed by atoms with E-state index >= 15 is 0 Å². The number of hydrogen-bond acceptors (Lipinski definition) is 7. The summed E-state index contributed by atoms with van der Waals surface area (Å²) in [7, 11) is 1.64. The average molecular weight is 513 g/mol. The predicted molar refractivity (Wildman–Crippen MR) is 136 cm³/mol. The van der Waals surface area contributed by atoms with Gasteiger partial charge in [0.2, 0.25) is 0 Å². The van der Waals surface area contributed by atoms with Gasteiger partial charge in [-0.2, -0.15) is 4.98 Å². The van der Waals surface area contributed by atoms with Crippen LogP contribution in [0.3, 0.4) is 0 Å². The lowest BCUT2D eigenvalue weighted by atomic mass is 10.2. The molecule has 3 aromatic rings. The summed E-state index contributed by atoms with van der Waals surface area (Å²) >= 11 is 12.4. The molecule has 7 nitrogen and oxygen atoms in total. The van der Waals surface area contributed by atoms with Crippen molar-refractivity contribution in [3.63, 3.8) is 0 Å². The lowest BCUT2D eigenvalue weighted by Gasteiger charge is -2.36. The van der Waals surface area contributed by atoms with Gasteiger partial charge < -0.3 is 19.5 Å². The smallest absolute Gasteiger partial charge is 0.263 e. The maximum atomic E-state index is 6.35. The van der Waals surface area contributed by atoms with Gasteiger partial charge in [0.1, 0.15) is 5.75 Å². The number of benzene rings is 2. The molecule has 178 valence electrons. The number of ether oxygens (including phenoxy) is 1. The zero-order valence-corrected chi connectivity index (χ0v) is 20.8. The highest BCUT2D eigenvalue weighted by Gasteiger charge is 2.18. The van der Waals surface area contributed by atoms with E-state index in [2.05, 4.69) is 25.3 Å². The molecule has 0 atom stereocenters. The Morgan fingerprint density at radius 2 is 1.79 bits per heavy atom. The standard InChI is InChI=1S/C23H27Cl2N5O2.ClH/c1-31-19-7-4-17(5-8-19)22-27-23(28-32-22)26-10-2-3-11-29-12-14-30(15-13-29)21-9-6-18(24)16-20(21)25;/h4-9,16H,2-3,10-15H2,1H3,(H,26,28);1H. The second-order valence-electron chi connectivity index (χ2n) is 7.71. The van der Waals surface area contributed by atoms with E-state index in [0.29, 0.717) is 21.9 Å². The lowest BCUT2D eigenvalue weighted by molar-refractivity contribution is 0.254. The molecule has 33 heavy (non-hydrogen) atoms. The molecule has 2 heterocycles. The SMILES string of the molecule is COc1ccc(-c2nc(NCCCCN3CCN(c4ccc(Cl)cc4Cl)CC3)no2)cc1.Cl. The Hall–Kier alpha value is -2.19. The normalized spacial score (nSPS) is 14.1. The summed E-state index contributed by atoms with van der Waals surface area (Å²) in [5, 5.41) is 8.64. The van der Waals surface area contributed by atoms with Crippen molar-refractivity contribution in [2.75, 3.05) is 56.6 Å². The molecule has 1 fully saturated rings. The van der Waals surface area contributed by atoms with Crippen molar-refractivity contribution in [3.05, 3.63) is 52.5 Å². The van der Waals surface area contributed by atoms with Crippen LogP contribution < -0.4 is 15.0 Å². The highest BCUT2D eigenvalue weighted by molar-refractivity contribution is 6.36. The molecular formula is C23H28Cl3N5O2. The first-order chi connectivity index (χ1) is 15.6. The number of unbranched alkanes of at least 4 members (excludes halogenated alkanes) is 1. The molecule has 10 heteroatoms. The second kappa shape index (κ2) is 12.3. The maximum Gasteiger partial charge on any atom is 0.263 e. The Labute approximate surface area is 210 Å². The van der Waals surface area contributed by atoms with Gasteiger partial charge in [0.25, 0.3) is 11.8 Å². The van der Waals surface area contributed by atoms with Crippen LogP contribution in [0.4, 0.5) is 11.6 Å². The summed E-state index contributed by atoms with van der Waals surface area (Å²) in [5.74, 6) is 1.81. The zero-order valence-electron chi connectivity index (χ0n) is 18.5. The first-order valence-electron chi connectivity index (χ1n) is 10.8. The topological polar surface area (TPSA) is 66.7 Å². The number of methoxy groups -OCH3 is 1. The molecule has 1 aliphatic rings. The predicted octanol–water partition coefficient (Wildman–Crippen LogP) is 5.49. The van der Waals surface area contributed by atoms with E-state index in [9.17, 15) is 0 Å². The number of hydrogen-bond donors (Lipinski definition) is 1. The van der Waals surface area contributed by atoms with Crippen LogP contribution >= 0.6 is 35.6 Å². The molecule has 0 aliphatic carbocycles. The minimum atomic E-state index is 0. The third kappa shape index (κ3) is 6.90. The van der Waals surface area contributed by atoms with E-state index in [4.69, 9.17) is 32.5 Å². The molecule has 0 radical (unpaired) electrons. The lowest BCUT2D eigenvalue weighted by Crippen LogP contribution is -2.46. The van der Waals surface area contributed by atoms with Gasteiger partial charge in [0.05, 0.1) is 17.8 Å². The molecule has 0 unspecified atom stereocenters. The van der Waals surface area contributed by atoms with E-state index in [1.165, 1.54) is 0 Å². The van der Waals surface area contributed by atoms with Crippen molar-refractivity contribution in [2.24, 2.45) is 0 Å². The van der Waals surface area contributed by atoms with Gasteiger partial charge in [-0.3, -0.25) is 4.90 Å². The van der Waals surface area contributed by atoms with Gasteiger partial charge in [-0.1, -0.05) is 23.2 Å². The third-order valence-electron chi connectivity index (χ3n) is 5.57. The van der Waals surface area contributed by atoms with Crippen molar-refractivity contribution in [2.45, 2.75) is 12.8 Å². The minimum Gasteiger partial charge on any atom is -0.497 e. The highest BCUT2D eigenvalue weighted by atomic mass is 35.5. The van der Waals surface area contributed by atoms with Gasteiger partial charge in [0, 0.05) is 43.3 Å². The van der Waals surface area contributed by atoms with Crippen LogP contribution in [0.25, 0.3) is 11.5 Å². The number of nitrogens with zero attached hydrogens (tertiary/aromatic N) is 4. The first kappa shape index (κ1) is 25.4. The third-order valence-corrected chi connectivity index (χ3v) is 6.11. The van der Waals surface area contributed by atoms with Gasteiger partial charge in [-0.15, -0.1) is 12.4 Å². The summed E-state index contributed by atoms with van der Waals surface area (Å²) in [4.78, 5) is 9.23. The van der Waals surface area contributed by atoms with Crippen molar-refractivity contribution in [3.8, 4) is 17.2 Å². The fourth-order valence-corrected chi connectivity index (χ4v) is 4.28. The quantitative estimate of drug-likeness (QED) is 0.380. The Kier molecular flexibility index (Phi) is 9.50. The molecule has 1 saturated heterocycles. The van der Waals surface area contributed by atoms with Crippen LogP contribution in [-0.2, 0) is 0 Å². The van der Waals surface area contributed by atoms with Crippen molar-refractivity contribution in [1.82, 2.24) is 15.0 Å². The number of anilines is 2. The zero-order chi connectivity index (χ0) is 22.3. The molecule has 0 amide bonds. The summed E-state index contributed by atoms with van der Waals surface area (Å²) < 4.78 is 10.5. The molecule has 1 aliphatic heterocycles. The fourth-order valence-electron chi connectivity index (χ4n) is 3.76. The number of nitrogens with one attached hydrogen (secondary N) is 1. The van der Waals surface area contributed by atoms with Crippen LogP contribution in [0.1, 0.15) is 12.8 Å². The molecule has 0 bridgehead atoms. The number of piperazine rings is 1. The summed E-state index contributed by atoms with van der Waals surface area (Å²) in [6.07, 6.45) is 2.15. The largest absolute Gasteiger partial charge is 0.497 e. The Bertz CT molecular complexity index is 1010. The van der Waals surface area contributed by atoms with Gasteiger partial charge in [-0.05, 0) is 67.0 Å². The van der Waals surface area contributed by atoms with E-state index < -0.39 is 0 Å². The fraction of sp³-hybridized carbons (Fsp3) is 0.391. The molecule has 1 aromatic heterocycles. The second-order valence-corrected chi connectivity index (χ2v) is 8.55. The van der Waals surface area contributed by atoms with E-state index in [-0.39, 0.29) is 12.4 Å². The molecule has 2 aromatic carbocycles. The van der Waals surface area contributed by atoms with Crippen molar-refractivity contribution in [1.29, 1.82) is 0 Å². The van der Waals surface area contributed by atoms with E-state index in [1.54, 1.807) is 7.11 Å². The van der Waals surface area contributed by atoms with Crippen molar-refractivity contribution < 1.29 is 9.26 Å². The van der Waals surface area contributed by atoms with Gasteiger partial charge in [0.15, 0.2) is 0 Å². The minimum absolute atomic E-state index is 0. The van der Waals surface area contributed by atoms with E-state index in [0.717, 1.165) is 69.1 Å². The van der Waals surface area contributed by atoms with Crippen LogP contribution in [0.2, 0.25) is 10.0 Å². The summed E-state index contributed by atoms with van der Waals surface area (Å²) in [6, 6.07) is 13.2. The average Bonchev–Trinajstić information content (AvgIpc) is 3.28. The Morgan fingerprint density at radius 3 is 2.48 bits per heavy atom. The Morgan fingerprint density at radius 1 is 1.03 bits per heavy atom. The molecular weight excluding hydrogens is 485 g/mol. The monoisotopic (exact) mass is 511 g/mol. The summed E-state index contributed by atoms with van der Waals surface area (Å²) in [6.45, 7) is 5.88. The van der Waals surface area contributed by atoms with Crippen LogP contribution in [0.15, 0.2) is 47.0 Å². The van der Waals surface area contributed by atoms with E-state index in [1.807, 2.05) is 42.5 Å². The van der Waals surface area contributed by atoms with Crippen molar-refractivity contribution >= 4 is 47.2 Å². The van der Waals surface area contributed by atoms with Crippen LogP contribution in [0, 0.1) is 0 Å². The van der Waals surface area contributed by atoms with Gasteiger partial charge in [-0.25, -0.2) is 0 Å². The molecule has 0 spiro atoms. The molecule has 0 saturated carbocycles. The van der Waals surface area contributed by atoms with Gasteiger partial charge >= 0.3 is 0 Å². The Balaban J connectivity index is 0.00000306. The summed E-state index contributed by atoms with van der Waals surface area (Å²) in [5.41, 5.74) is 1.93. The van der Waals surface area contributed by atoms with Crippen LogP contribution in [0.5, 0.6) is 5.75 Å². The number of aromatic nitrogens is 2. The molecule has 4 rings (SSSR count). The highest BCUT2D eigenvalue weighted by Crippen LogP contribution is 2.29. The number of rotatable bonds is 9. The number of halogens is 3. The first-order valence-corrected chi connectivity index (χ1v) is 11.5. The van der Waals surface area contributed by atoms with Crippen LogP contribution in [-0.4, -0.2) is 61.4 Å². The molecule has 1 N–H and O–H groups in total.